The quantitative estimate of drug-likeness (QED) is 0.479. The van der Waals surface area contributed by atoms with Crippen LogP contribution in [0.25, 0.3) is 10.8 Å². The van der Waals surface area contributed by atoms with Crippen molar-refractivity contribution in [2.24, 2.45) is 11.8 Å². The summed E-state index contributed by atoms with van der Waals surface area (Å²) in [6.07, 6.45) is 2.55. The van der Waals surface area contributed by atoms with Gasteiger partial charge in [-0.3, -0.25) is 4.79 Å². The van der Waals surface area contributed by atoms with E-state index in [1.54, 1.807) is 0 Å². The van der Waals surface area contributed by atoms with Gasteiger partial charge in [0.1, 0.15) is 5.78 Å². The van der Waals surface area contributed by atoms with Gasteiger partial charge in [0.2, 0.25) is 0 Å². The minimum absolute atomic E-state index is 0.0162. The molecule has 3 heteroatoms. The van der Waals surface area contributed by atoms with Gasteiger partial charge < -0.3 is 4.74 Å². The molecule has 1 saturated heterocycles. The highest BCUT2D eigenvalue weighted by molar-refractivity contribution is 9.10. The van der Waals surface area contributed by atoms with E-state index in [1.165, 1.54) is 16.3 Å². The third-order valence-corrected chi connectivity index (χ3v) is 6.63. The van der Waals surface area contributed by atoms with Crippen LogP contribution >= 0.6 is 15.9 Å². The van der Waals surface area contributed by atoms with Crippen molar-refractivity contribution in [3.05, 3.63) is 82.3 Å². The number of benzene rings is 3. The summed E-state index contributed by atoms with van der Waals surface area (Å²) in [4.78, 5) is 12.8. The average molecular weight is 421 g/mol. The number of ether oxygens (including phenoxy) is 1. The molecule has 3 aromatic carbocycles. The monoisotopic (exact) mass is 420 g/mol. The third kappa shape index (κ3) is 3.03. The van der Waals surface area contributed by atoms with Gasteiger partial charge in [0, 0.05) is 16.8 Å². The average Bonchev–Trinajstić information content (AvgIpc) is 3.09. The Bertz CT molecular complexity index is 995. The summed E-state index contributed by atoms with van der Waals surface area (Å²) in [5, 5.41) is 2.46. The maximum atomic E-state index is 12.8. The van der Waals surface area contributed by atoms with Crippen molar-refractivity contribution >= 4 is 32.5 Å². The van der Waals surface area contributed by atoms with Crippen LogP contribution < -0.4 is 0 Å². The molecule has 0 amide bonds. The van der Waals surface area contributed by atoms with Crippen LogP contribution in [0.2, 0.25) is 0 Å². The van der Waals surface area contributed by atoms with E-state index in [4.69, 9.17) is 4.74 Å². The largest absolute Gasteiger partial charge is 0.365 e. The van der Waals surface area contributed by atoms with Crippen LogP contribution in [0.4, 0.5) is 0 Å². The molecule has 0 unspecified atom stereocenters. The molecular weight excluding hydrogens is 400 g/mol. The Labute approximate surface area is 167 Å². The zero-order chi connectivity index (χ0) is 18.4. The zero-order valence-corrected chi connectivity index (χ0v) is 16.6. The van der Waals surface area contributed by atoms with E-state index >= 15 is 0 Å². The predicted molar refractivity (Wildman–Crippen MR) is 110 cm³/mol. The van der Waals surface area contributed by atoms with Crippen molar-refractivity contribution in [2.75, 3.05) is 0 Å². The second-order valence-corrected chi connectivity index (χ2v) is 8.60. The first-order valence-electron chi connectivity index (χ1n) is 9.63. The van der Waals surface area contributed by atoms with E-state index < -0.39 is 0 Å². The number of ketones is 1. The van der Waals surface area contributed by atoms with E-state index in [-0.39, 0.29) is 24.0 Å². The maximum absolute atomic E-state index is 12.8. The lowest BCUT2D eigenvalue weighted by molar-refractivity contribution is -0.127. The highest BCUT2D eigenvalue weighted by atomic mass is 79.9. The van der Waals surface area contributed by atoms with Gasteiger partial charge in [-0.15, -0.1) is 0 Å². The molecule has 5 rings (SSSR count). The standard InChI is InChI=1S/C24H21BrO2/c25-19-12-10-16(11-13-19)24-22-20(6-3-7-21(22)26)23(27-24)18-9-8-15-4-1-2-5-17(15)14-18/h1-2,4-5,8-14,20,22-24H,3,6-7H2/t20-,22-,23-,24+/m1/s1. The van der Waals surface area contributed by atoms with Gasteiger partial charge in [-0.1, -0.05) is 64.5 Å². The van der Waals surface area contributed by atoms with Crippen LogP contribution in [0.1, 0.15) is 42.6 Å². The van der Waals surface area contributed by atoms with Gasteiger partial charge >= 0.3 is 0 Å². The van der Waals surface area contributed by atoms with E-state index in [0.717, 1.165) is 22.9 Å². The number of hydrogen-bond acceptors (Lipinski definition) is 2. The number of halogens is 1. The fraction of sp³-hybridized carbons (Fsp3) is 0.292. The number of Topliss-reactive ketones (excluding diaryl/α,β-unsaturated/α-hetero) is 1. The first-order chi connectivity index (χ1) is 13.2. The number of rotatable bonds is 2. The third-order valence-electron chi connectivity index (χ3n) is 6.10. The fourth-order valence-electron chi connectivity index (χ4n) is 4.82. The van der Waals surface area contributed by atoms with Crippen molar-refractivity contribution in [3.8, 4) is 0 Å². The van der Waals surface area contributed by atoms with Crippen molar-refractivity contribution in [3.63, 3.8) is 0 Å². The Balaban J connectivity index is 1.55. The molecule has 2 aliphatic rings. The van der Waals surface area contributed by atoms with E-state index in [1.807, 2.05) is 12.1 Å². The van der Waals surface area contributed by atoms with Crippen molar-refractivity contribution in [2.45, 2.75) is 31.5 Å². The summed E-state index contributed by atoms with van der Waals surface area (Å²) in [5.41, 5.74) is 2.30. The smallest absolute Gasteiger partial charge is 0.139 e. The lowest BCUT2D eigenvalue weighted by Gasteiger charge is -2.27. The second-order valence-electron chi connectivity index (χ2n) is 7.68. The Kier molecular flexibility index (Phi) is 4.37. The molecule has 0 aromatic heterocycles. The molecular formula is C24H21BrO2. The van der Waals surface area contributed by atoms with Gasteiger partial charge in [-0.2, -0.15) is 0 Å². The number of carbonyl (C=O) groups excluding carboxylic acids is 1. The minimum atomic E-state index is -0.146. The van der Waals surface area contributed by atoms with Crippen LogP contribution in [0.15, 0.2) is 71.2 Å². The molecule has 0 N–H and O–H groups in total. The van der Waals surface area contributed by atoms with Crippen molar-refractivity contribution in [1.82, 2.24) is 0 Å². The van der Waals surface area contributed by atoms with E-state index in [0.29, 0.717) is 12.2 Å². The molecule has 1 heterocycles. The molecule has 1 aliphatic heterocycles. The van der Waals surface area contributed by atoms with Crippen LogP contribution in [-0.2, 0) is 9.53 Å². The van der Waals surface area contributed by atoms with Crippen LogP contribution in [0, 0.1) is 11.8 Å². The SMILES string of the molecule is O=C1CCC[C@@H]2[C@H]1[C@H](c1ccc(Br)cc1)O[C@@H]2c1ccc2ccccc2c1. The van der Waals surface area contributed by atoms with Crippen LogP contribution in [0.5, 0.6) is 0 Å². The molecule has 2 nitrogen and oxygen atoms in total. The Morgan fingerprint density at radius 1 is 0.852 bits per heavy atom. The summed E-state index contributed by atoms with van der Waals surface area (Å²) in [6.45, 7) is 0. The second kappa shape index (κ2) is 6.88. The molecule has 136 valence electrons. The topological polar surface area (TPSA) is 26.3 Å². The van der Waals surface area contributed by atoms with E-state index in [2.05, 4.69) is 70.5 Å². The molecule has 4 atom stereocenters. The number of fused-ring (bicyclic) bond motifs is 2. The number of carbonyl (C=O) groups is 1. The lowest BCUT2D eigenvalue weighted by atomic mass is 9.73. The van der Waals surface area contributed by atoms with Crippen molar-refractivity contribution < 1.29 is 9.53 Å². The molecule has 3 aromatic rings. The minimum Gasteiger partial charge on any atom is -0.365 e. The first kappa shape index (κ1) is 17.2. The summed E-state index contributed by atoms with van der Waals surface area (Å²) >= 11 is 3.50. The van der Waals surface area contributed by atoms with Crippen LogP contribution in [-0.4, -0.2) is 5.78 Å². The normalized spacial score (nSPS) is 27.7. The molecule has 0 spiro atoms. The summed E-state index contributed by atoms with van der Waals surface area (Å²) in [5.74, 6) is 0.597. The van der Waals surface area contributed by atoms with Gasteiger partial charge in [-0.05, 0) is 52.9 Å². The molecule has 0 radical (unpaired) electrons. The summed E-state index contributed by atoms with van der Waals surface area (Å²) in [7, 11) is 0. The molecule has 1 saturated carbocycles. The zero-order valence-electron chi connectivity index (χ0n) is 15.0. The van der Waals surface area contributed by atoms with Gasteiger partial charge in [0.25, 0.3) is 0 Å². The van der Waals surface area contributed by atoms with E-state index in [9.17, 15) is 4.79 Å². The predicted octanol–water partition coefficient (Wildman–Crippen LogP) is 6.40. The van der Waals surface area contributed by atoms with Gasteiger partial charge in [-0.25, -0.2) is 0 Å². The summed E-state index contributed by atoms with van der Waals surface area (Å²) < 4.78 is 7.65. The van der Waals surface area contributed by atoms with Crippen LogP contribution in [0.3, 0.4) is 0 Å². The van der Waals surface area contributed by atoms with Gasteiger partial charge in [0.15, 0.2) is 0 Å². The maximum Gasteiger partial charge on any atom is 0.139 e. The highest BCUT2D eigenvalue weighted by Crippen LogP contribution is 2.54. The molecule has 2 fully saturated rings. The molecule has 0 bridgehead atoms. The Hall–Kier alpha value is -1.97. The first-order valence-corrected chi connectivity index (χ1v) is 10.4. The lowest BCUT2D eigenvalue weighted by Crippen LogP contribution is -2.29. The van der Waals surface area contributed by atoms with Crippen molar-refractivity contribution in [1.29, 1.82) is 0 Å². The summed E-state index contributed by atoms with van der Waals surface area (Å²) in [6, 6.07) is 23.2. The van der Waals surface area contributed by atoms with Gasteiger partial charge in [0.05, 0.1) is 18.1 Å². The highest BCUT2D eigenvalue weighted by Gasteiger charge is 2.50. The number of hydrogen-bond donors (Lipinski definition) is 0. The fourth-order valence-corrected chi connectivity index (χ4v) is 5.09. The molecule has 1 aliphatic carbocycles. The Morgan fingerprint density at radius 2 is 1.59 bits per heavy atom. The Morgan fingerprint density at radius 3 is 2.41 bits per heavy atom. The molecule has 27 heavy (non-hydrogen) atoms.